The van der Waals surface area contributed by atoms with Crippen molar-refractivity contribution in [2.75, 3.05) is 7.11 Å². The summed E-state index contributed by atoms with van der Waals surface area (Å²) in [6.07, 6.45) is 1.51. The lowest BCUT2D eigenvalue weighted by molar-refractivity contribution is -0.384. The minimum atomic E-state index is -0.446. The Morgan fingerprint density at radius 2 is 1.94 bits per heavy atom. The number of carbonyl (C=O) groups is 1. The number of methoxy groups -OCH3 is 1. The number of nitrogens with zero attached hydrogens (tertiary/aromatic N) is 2. The van der Waals surface area contributed by atoms with Crippen LogP contribution in [0.1, 0.15) is 21.5 Å². The van der Waals surface area contributed by atoms with Crippen LogP contribution in [0.25, 0.3) is 0 Å². The Hall–Kier alpha value is -2.99. The number of hydrazone groups is 1. The SMILES string of the molecule is COc1cc(/C=N/NC(=O)c2ccccc2Br)cc(I)c1OCc1ccc([N+](=O)[O-])cc1. The molecule has 0 fully saturated rings. The van der Waals surface area contributed by atoms with Crippen molar-refractivity contribution in [3.8, 4) is 11.5 Å². The van der Waals surface area contributed by atoms with Crippen LogP contribution in [0.3, 0.4) is 0 Å². The van der Waals surface area contributed by atoms with Crippen molar-refractivity contribution < 1.29 is 19.2 Å². The van der Waals surface area contributed by atoms with Crippen molar-refractivity contribution in [2.24, 2.45) is 5.10 Å². The smallest absolute Gasteiger partial charge is 0.272 e. The normalized spacial score (nSPS) is 10.7. The van der Waals surface area contributed by atoms with Gasteiger partial charge in [-0.05, 0) is 86.0 Å². The first-order valence-electron chi connectivity index (χ1n) is 9.20. The molecule has 0 aromatic heterocycles. The van der Waals surface area contributed by atoms with Gasteiger partial charge in [-0.25, -0.2) is 5.43 Å². The Kier molecular flexibility index (Phi) is 8.17. The number of nitro groups is 1. The molecule has 0 radical (unpaired) electrons. The second-order valence-corrected chi connectivity index (χ2v) is 8.44. The van der Waals surface area contributed by atoms with Crippen LogP contribution in [0.15, 0.2) is 70.2 Å². The predicted molar refractivity (Wildman–Crippen MR) is 132 cm³/mol. The molecule has 32 heavy (non-hydrogen) atoms. The molecule has 0 heterocycles. The van der Waals surface area contributed by atoms with E-state index in [2.05, 4.69) is 49.0 Å². The van der Waals surface area contributed by atoms with Gasteiger partial charge in [0.05, 0.1) is 27.4 Å². The summed E-state index contributed by atoms with van der Waals surface area (Å²) in [5.41, 5.74) is 4.50. The Bertz CT molecular complexity index is 1170. The van der Waals surface area contributed by atoms with E-state index in [9.17, 15) is 14.9 Å². The van der Waals surface area contributed by atoms with Gasteiger partial charge in [0.2, 0.25) is 0 Å². The standard InChI is InChI=1S/C22H17BrIN3O5/c1-31-20-11-15(12-25-26-22(28)17-4-2-3-5-18(17)23)10-19(24)21(20)32-13-14-6-8-16(9-7-14)27(29)30/h2-12H,13H2,1H3,(H,26,28)/b25-12+. The highest BCUT2D eigenvalue weighted by Crippen LogP contribution is 2.34. The van der Waals surface area contributed by atoms with E-state index in [1.54, 1.807) is 36.4 Å². The van der Waals surface area contributed by atoms with Gasteiger partial charge in [-0.15, -0.1) is 0 Å². The number of carbonyl (C=O) groups excluding carboxylic acids is 1. The molecule has 0 bridgehead atoms. The van der Waals surface area contributed by atoms with Crippen molar-refractivity contribution in [3.05, 3.63) is 95.5 Å². The highest BCUT2D eigenvalue weighted by atomic mass is 127. The molecule has 0 saturated carbocycles. The van der Waals surface area contributed by atoms with Crippen LogP contribution in [0, 0.1) is 13.7 Å². The number of rotatable bonds is 8. The molecule has 8 nitrogen and oxygen atoms in total. The van der Waals surface area contributed by atoms with Crippen LogP contribution in [-0.2, 0) is 6.61 Å². The maximum atomic E-state index is 12.2. The fraction of sp³-hybridized carbons (Fsp3) is 0.0909. The second-order valence-electron chi connectivity index (χ2n) is 6.43. The molecule has 1 amide bonds. The van der Waals surface area contributed by atoms with Gasteiger partial charge in [-0.2, -0.15) is 5.10 Å². The highest BCUT2D eigenvalue weighted by Gasteiger charge is 2.13. The highest BCUT2D eigenvalue weighted by molar-refractivity contribution is 14.1. The van der Waals surface area contributed by atoms with Gasteiger partial charge >= 0.3 is 0 Å². The molecule has 3 aromatic carbocycles. The molecule has 0 unspecified atom stereocenters. The molecule has 3 aromatic rings. The van der Waals surface area contributed by atoms with Crippen LogP contribution in [0.4, 0.5) is 5.69 Å². The molecule has 0 aliphatic rings. The molecular formula is C22H17BrIN3O5. The van der Waals surface area contributed by atoms with E-state index < -0.39 is 4.92 Å². The molecule has 0 aliphatic carbocycles. The minimum absolute atomic E-state index is 0.0243. The third-order valence-corrected chi connectivity index (χ3v) is 5.77. The average Bonchev–Trinajstić information content (AvgIpc) is 2.78. The predicted octanol–water partition coefficient (Wildman–Crippen LogP) is 5.31. The van der Waals surface area contributed by atoms with Crippen molar-refractivity contribution in [1.82, 2.24) is 5.43 Å². The van der Waals surface area contributed by atoms with Gasteiger partial charge in [-0.3, -0.25) is 14.9 Å². The van der Waals surface area contributed by atoms with Gasteiger partial charge in [0.1, 0.15) is 6.61 Å². The van der Waals surface area contributed by atoms with Crippen LogP contribution >= 0.6 is 38.5 Å². The quantitative estimate of drug-likeness (QED) is 0.161. The number of hydrogen-bond acceptors (Lipinski definition) is 6. The number of non-ortho nitro benzene ring substituents is 1. The summed E-state index contributed by atoms with van der Waals surface area (Å²) < 4.78 is 12.8. The van der Waals surface area contributed by atoms with Crippen molar-refractivity contribution in [1.29, 1.82) is 0 Å². The number of halogens is 2. The number of nitro benzene ring substituents is 1. The van der Waals surface area contributed by atoms with Gasteiger partial charge in [-0.1, -0.05) is 12.1 Å². The topological polar surface area (TPSA) is 103 Å². The fourth-order valence-electron chi connectivity index (χ4n) is 2.69. The van der Waals surface area contributed by atoms with Gasteiger partial charge < -0.3 is 9.47 Å². The summed E-state index contributed by atoms with van der Waals surface area (Å²) in [7, 11) is 1.53. The fourth-order valence-corrected chi connectivity index (χ4v) is 3.94. The molecule has 1 N–H and O–H groups in total. The molecule has 3 rings (SSSR count). The van der Waals surface area contributed by atoms with Crippen LogP contribution < -0.4 is 14.9 Å². The zero-order chi connectivity index (χ0) is 23.1. The minimum Gasteiger partial charge on any atom is -0.493 e. The van der Waals surface area contributed by atoms with Crippen LogP contribution in [0.5, 0.6) is 11.5 Å². The van der Waals surface area contributed by atoms with E-state index in [1.807, 2.05) is 12.1 Å². The van der Waals surface area contributed by atoms with E-state index in [1.165, 1.54) is 25.5 Å². The van der Waals surface area contributed by atoms with Crippen molar-refractivity contribution >= 4 is 56.3 Å². The number of amides is 1. The first-order valence-corrected chi connectivity index (χ1v) is 11.1. The molecular weight excluding hydrogens is 593 g/mol. The summed E-state index contributed by atoms with van der Waals surface area (Å²) in [6, 6.07) is 16.8. The second kappa shape index (κ2) is 11.0. The van der Waals surface area contributed by atoms with E-state index >= 15 is 0 Å². The number of ether oxygens (including phenoxy) is 2. The third kappa shape index (κ3) is 6.04. The Morgan fingerprint density at radius 1 is 1.22 bits per heavy atom. The summed E-state index contributed by atoms with van der Waals surface area (Å²) >= 11 is 5.46. The summed E-state index contributed by atoms with van der Waals surface area (Å²) in [6.45, 7) is 0.222. The number of hydrogen-bond donors (Lipinski definition) is 1. The van der Waals surface area contributed by atoms with Gasteiger partial charge in [0.15, 0.2) is 11.5 Å². The first-order chi connectivity index (χ1) is 15.4. The van der Waals surface area contributed by atoms with E-state index in [4.69, 9.17) is 9.47 Å². The van der Waals surface area contributed by atoms with Crippen LogP contribution in [0.2, 0.25) is 0 Å². The Balaban J connectivity index is 1.69. The number of nitrogens with one attached hydrogen (secondary N) is 1. The summed E-state index contributed by atoms with van der Waals surface area (Å²) in [5.74, 6) is 0.705. The molecule has 10 heteroatoms. The summed E-state index contributed by atoms with van der Waals surface area (Å²) in [4.78, 5) is 22.6. The largest absolute Gasteiger partial charge is 0.493 e. The maximum absolute atomic E-state index is 12.2. The zero-order valence-electron chi connectivity index (χ0n) is 16.7. The molecule has 0 spiro atoms. The van der Waals surface area contributed by atoms with E-state index in [0.29, 0.717) is 27.1 Å². The zero-order valence-corrected chi connectivity index (χ0v) is 20.5. The third-order valence-electron chi connectivity index (χ3n) is 4.28. The van der Waals surface area contributed by atoms with E-state index in [-0.39, 0.29) is 18.2 Å². The lowest BCUT2D eigenvalue weighted by atomic mass is 10.2. The molecule has 0 atom stereocenters. The van der Waals surface area contributed by atoms with Crippen molar-refractivity contribution in [2.45, 2.75) is 6.61 Å². The van der Waals surface area contributed by atoms with Crippen molar-refractivity contribution in [3.63, 3.8) is 0 Å². The maximum Gasteiger partial charge on any atom is 0.272 e. The van der Waals surface area contributed by atoms with Crippen LogP contribution in [-0.4, -0.2) is 24.2 Å². The lowest BCUT2D eigenvalue weighted by Crippen LogP contribution is -2.18. The van der Waals surface area contributed by atoms with E-state index in [0.717, 1.165) is 9.13 Å². The number of benzene rings is 3. The summed E-state index contributed by atoms with van der Waals surface area (Å²) in [5, 5.41) is 14.8. The lowest BCUT2D eigenvalue weighted by Gasteiger charge is -2.13. The average molecular weight is 610 g/mol. The monoisotopic (exact) mass is 609 g/mol. The molecule has 0 saturated heterocycles. The van der Waals surface area contributed by atoms with Gasteiger partial charge in [0, 0.05) is 16.6 Å². The Morgan fingerprint density at radius 3 is 2.59 bits per heavy atom. The molecule has 0 aliphatic heterocycles. The van der Waals surface area contributed by atoms with Gasteiger partial charge in [0.25, 0.3) is 11.6 Å². The first kappa shape index (κ1) is 23.7. The Labute approximate surface area is 206 Å². The molecule has 164 valence electrons.